The van der Waals surface area contributed by atoms with E-state index >= 15 is 0 Å². The molecule has 4 nitrogen and oxygen atoms in total. The van der Waals surface area contributed by atoms with E-state index in [4.69, 9.17) is 0 Å². The van der Waals surface area contributed by atoms with Gasteiger partial charge in [-0.05, 0) is 6.42 Å². The van der Waals surface area contributed by atoms with Gasteiger partial charge in [-0.3, -0.25) is 0 Å². The van der Waals surface area contributed by atoms with Gasteiger partial charge in [-0.2, -0.15) is 0 Å². The maximum Gasteiger partial charge on any atom is 0.319 e. The summed E-state index contributed by atoms with van der Waals surface area (Å²) >= 11 is 3.18. The summed E-state index contributed by atoms with van der Waals surface area (Å²) in [6.07, 6.45) is 0.521. The summed E-state index contributed by atoms with van der Waals surface area (Å²) in [6.45, 7) is 2.00. The minimum atomic E-state index is -0.463. The molecule has 5 heteroatoms. The molecule has 1 N–H and O–H groups in total. The molecule has 1 aliphatic rings. The molecule has 0 saturated carbocycles. The molecule has 0 radical (unpaired) electrons. The molecular weight excluding hydrogens is 236 g/mol. The van der Waals surface area contributed by atoms with E-state index in [1.165, 1.54) is 0 Å². The van der Waals surface area contributed by atoms with Crippen molar-refractivity contribution in [2.45, 2.75) is 12.5 Å². The Hall–Kier alpha value is -0.290. The summed E-state index contributed by atoms with van der Waals surface area (Å²) < 4.78 is 0. The van der Waals surface area contributed by atoms with Gasteiger partial charge in [-0.25, -0.2) is 4.79 Å². The van der Waals surface area contributed by atoms with Crippen molar-refractivity contribution in [3.63, 3.8) is 0 Å². The van der Waals surface area contributed by atoms with Crippen LogP contribution in [-0.2, 0) is 0 Å². The molecule has 0 spiro atoms. The van der Waals surface area contributed by atoms with Gasteiger partial charge in [-0.1, -0.05) is 15.9 Å². The molecule has 1 rings (SSSR count). The summed E-state index contributed by atoms with van der Waals surface area (Å²) in [4.78, 5) is 14.9. The number of urea groups is 1. The number of hydrogen-bond acceptors (Lipinski definition) is 2. The molecule has 1 atom stereocenters. The second-order valence-electron chi connectivity index (χ2n) is 3.31. The zero-order valence-electron chi connectivity index (χ0n) is 7.74. The third-order valence-electron chi connectivity index (χ3n) is 2.13. The van der Waals surface area contributed by atoms with Gasteiger partial charge in [0.15, 0.2) is 0 Å². The lowest BCUT2D eigenvalue weighted by atomic mass is 10.2. The van der Waals surface area contributed by atoms with Crippen molar-refractivity contribution in [2.75, 3.05) is 32.0 Å². The van der Waals surface area contributed by atoms with Crippen LogP contribution in [-0.4, -0.2) is 59.1 Å². The Morgan fingerprint density at radius 2 is 2.31 bits per heavy atom. The molecule has 0 aliphatic carbocycles. The first-order chi connectivity index (χ1) is 6.15. The van der Waals surface area contributed by atoms with E-state index in [1.54, 1.807) is 16.8 Å². The number of carbonyl (C=O) groups excluding carboxylic acids is 1. The third-order valence-corrected chi connectivity index (χ3v) is 2.88. The van der Waals surface area contributed by atoms with Crippen LogP contribution in [0, 0.1) is 0 Å². The largest absolute Gasteiger partial charge is 0.390 e. The predicted molar refractivity (Wildman–Crippen MR) is 54.0 cm³/mol. The van der Waals surface area contributed by atoms with Crippen LogP contribution in [0.2, 0.25) is 0 Å². The highest BCUT2D eigenvalue weighted by Crippen LogP contribution is 2.08. The Kier molecular flexibility index (Phi) is 3.99. The molecule has 0 aromatic heterocycles. The van der Waals surface area contributed by atoms with Crippen LogP contribution in [0.5, 0.6) is 0 Å². The van der Waals surface area contributed by atoms with Crippen molar-refractivity contribution in [1.82, 2.24) is 9.80 Å². The molecular formula is C8H15BrN2O2. The van der Waals surface area contributed by atoms with Gasteiger partial charge in [-0.15, -0.1) is 0 Å². The molecule has 1 heterocycles. The van der Waals surface area contributed by atoms with E-state index in [0.29, 0.717) is 11.9 Å². The molecule has 1 unspecified atom stereocenters. The zero-order valence-corrected chi connectivity index (χ0v) is 9.33. The average Bonchev–Trinajstić information content (AvgIpc) is 2.13. The summed E-state index contributed by atoms with van der Waals surface area (Å²) in [5, 5.41) is 9.87. The van der Waals surface area contributed by atoms with Crippen LogP contribution in [0.25, 0.3) is 0 Å². The van der Waals surface area contributed by atoms with Crippen LogP contribution in [0.1, 0.15) is 6.42 Å². The smallest absolute Gasteiger partial charge is 0.319 e. The fourth-order valence-corrected chi connectivity index (χ4v) is 1.61. The summed E-state index contributed by atoms with van der Waals surface area (Å²) in [6, 6.07) is 0.0197. The van der Waals surface area contributed by atoms with Crippen molar-refractivity contribution < 1.29 is 9.90 Å². The fourth-order valence-electron chi connectivity index (χ4n) is 1.40. The maximum absolute atomic E-state index is 11.5. The van der Waals surface area contributed by atoms with Crippen LogP contribution in [0.15, 0.2) is 0 Å². The molecule has 76 valence electrons. The van der Waals surface area contributed by atoms with E-state index < -0.39 is 6.10 Å². The van der Waals surface area contributed by atoms with Gasteiger partial charge in [0.1, 0.15) is 0 Å². The van der Waals surface area contributed by atoms with Gasteiger partial charge in [0, 0.05) is 32.0 Å². The molecule has 0 aromatic carbocycles. The second kappa shape index (κ2) is 4.81. The second-order valence-corrected chi connectivity index (χ2v) is 3.96. The van der Waals surface area contributed by atoms with Crippen molar-refractivity contribution in [3.05, 3.63) is 0 Å². The lowest BCUT2D eigenvalue weighted by Crippen LogP contribution is -2.50. The Morgan fingerprint density at radius 3 is 2.92 bits per heavy atom. The Labute approximate surface area is 86.6 Å². The number of rotatable bonds is 3. The maximum atomic E-state index is 11.5. The predicted octanol–water partition coefficient (Wildman–Crippen LogP) is 0.500. The first-order valence-corrected chi connectivity index (χ1v) is 5.51. The van der Waals surface area contributed by atoms with E-state index in [2.05, 4.69) is 15.9 Å². The summed E-state index contributed by atoms with van der Waals surface area (Å²) in [5.41, 5.74) is 0. The molecule has 13 heavy (non-hydrogen) atoms. The van der Waals surface area contributed by atoms with Crippen molar-refractivity contribution in [2.24, 2.45) is 0 Å². The number of hydrogen-bond donors (Lipinski definition) is 1. The summed E-state index contributed by atoms with van der Waals surface area (Å²) in [7, 11) is 1.79. The number of β-amino-alcohol motifs (C(OH)–C–C–N with tert-alkyl or cyclic N) is 1. The fraction of sp³-hybridized carbons (Fsp3) is 0.875. The Morgan fingerprint density at radius 1 is 1.62 bits per heavy atom. The van der Waals surface area contributed by atoms with E-state index in [9.17, 15) is 9.90 Å². The van der Waals surface area contributed by atoms with E-state index in [1.807, 2.05) is 0 Å². The van der Waals surface area contributed by atoms with E-state index in [-0.39, 0.29) is 6.03 Å². The Balaban J connectivity index is 2.44. The highest BCUT2D eigenvalue weighted by atomic mass is 79.9. The minimum Gasteiger partial charge on any atom is -0.390 e. The van der Waals surface area contributed by atoms with Gasteiger partial charge >= 0.3 is 6.03 Å². The quantitative estimate of drug-likeness (QED) is 0.742. The average molecular weight is 251 g/mol. The van der Waals surface area contributed by atoms with Crippen LogP contribution >= 0.6 is 15.9 Å². The van der Waals surface area contributed by atoms with Gasteiger partial charge in [0.25, 0.3) is 0 Å². The Bertz CT molecular complexity index is 189. The lowest BCUT2D eigenvalue weighted by Gasteiger charge is -2.34. The normalized spacial score (nSPS) is 20.7. The number of halogens is 1. The topological polar surface area (TPSA) is 43.8 Å². The number of aliphatic hydroxyl groups is 1. The first kappa shape index (κ1) is 10.8. The minimum absolute atomic E-state index is 0.0197. The first-order valence-electron chi connectivity index (χ1n) is 4.39. The standard InChI is InChI=1S/C8H15BrN2O2/c1-10-3-2-4-11(8(10)13)6-7(12)5-9/h7,12H,2-6H2,1H3. The molecule has 1 fully saturated rings. The van der Waals surface area contributed by atoms with Crippen LogP contribution < -0.4 is 0 Å². The third kappa shape index (κ3) is 2.84. The monoisotopic (exact) mass is 250 g/mol. The number of alkyl halides is 1. The van der Waals surface area contributed by atoms with Crippen molar-refractivity contribution in [1.29, 1.82) is 0 Å². The van der Waals surface area contributed by atoms with Gasteiger partial charge in [0.2, 0.25) is 0 Å². The number of aliphatic hydroxyl groups excluding tert-OH is 1. The number of amides is 2. The number of carbonyl (C=O) groups is 1. The molecule has 1 aliphatic heterocycles. The van der Waals surface area contributed by atoms with Crippen molar-refractivity contribution >= 4 is 22.0 Å². The zero-order chi connectivity index (χ0) is 9.84. The molecule has 0 bridgehead atoms. The van der Waals surface area contributed by atoms with E-state index in [0.717, 1.165) is 19.5 Å². The molecule has 0 aromatic rings. The lowest BCUT2D eigenvalue weighted by molar-refractivity contribution is 0.103. The van der Waals surface area contributed by atoms with Gasteiger partial charge < -0.3 is 14.9 Å². The highest BCUT2D eigenvalue weighted by Gasteiger charge is 2.23. The van der Waals surface area contributed by atoms with Gasteiger partial charge in [0.05, 0.1) is 6.10 Å². The highest BCUT2D eigenvalue weighted by molar-refractivity contribution is 9.09. The summed E-state index contributed by atoms with van der Waals surface area (Å²) in [5.74, 6) is 0. The van der Waals surface area contributed by atoms with Crippen molar-refractivity contribution in [3.8, 4) is 0 Å². The molecule has 2 amide bonds. The SMILES string of the molecule is CN1CCCN(CC(O)CBr)C1=O. The number of nitrogens with zero attached hydrogens (tertiary/aromatic N) is 2. The molecule has 1 saturated heterocycles. The van der Waals surface area contributed by atoms with Crippen LogP contribution in [0.4, 0.5) is 4.79 Å². The van der Waals surface area contributed by atoms with Crippen LogP contribution in [0.3, 0.4) is 0 Å².